The van der Waals surface area contributed by atoms with Crippen LogP contribution in [-0.2, 0) is 16.0 Å². The molecule has 0 aliphatic carbocycles. The second-order valence-electron chi connectivity index (χ2n) is 8.77. The fraction of sp³-hybridized carbons (Fsp3) is 0.393. The molecular weight excluding hydrogens is 478 g/mol. The number of rotatable bonds is 9. The van der Waals surface area contributed by atoms with Gasteiger partial charge in [-0.3, -0.25) is 19.8 Å². The number of amides is 1. The molecule has 0 spiro atoms. The highest BCUT2D eigenvalue weighted by Gasteiger charge is 2.34. The van der Waals surface area contributed by atoms with Gasteiger partial charge in [0.15, 0.2) is 5.76 Å². The number of aryl methyl sites for hydroxylation is 1. The van der Waals surface area contributed by atoms with Crippen LogP contribution in [0, 0.1) is 10.1 Å². The number of piperazine rings is 1. The molecule has 3 rings (SSSR count). The normalized spacial score (nSPS) is 16.4. The van der Waals surface area contributed by atoms with Gasteiger partial charge in [-0.2, -0.15) is 0 Å². The first kappa shape index (κ1) is 27.4. The number of carbonyl (C=O) groups is 1. The molecule has 8 heteroatoms. The fourth-order valence-electron chi connectivity index (χ4n) is 4.55. The topological polar surface area (TPSA) is 75.9 Å². The van der Waals surface area contributed by atoms with Crippen molar-refractivity contribution in [2.45, 2.75) is 39.7 Å². The zero-order chi connectivity index (χ0) is 26.2. The molecule has 1 unspecified atom stereocenters. The molecule has 1 atom stereocenters. The maximum atomic E-state index is 13.4. The largest absolute Gasteiger partial charge is 0.494 e. The van der Waals surface area contributed by atoms with Gasteiger partial charge >= 0.3 is 5.70 Å². The van der Waals surface area contributed by atoms with E-state index in [0.717, 1.165) is 12.0 Å². The standard InChI is InChI=1S/C28H34ClN3O4/c1-5-7-25(26(32(34)35)20(3)36-4)28(33)31-18-16-30(17-19-31)27(23-12-14-24(29)15-13-23)22-10-8-21(6-2)9-11-22/h7-15,27H,5-6,16-19H2,1-4H3/b25-7-,26-20+. The average molecular weight is 512 g/mol. The third kappa shape index (κ3) is 6.33. The molecule has 0 radical (unpaired) electrons. The van der Waals surface area contributed by atoms with Gasteiger partial charge in [0.2, 0.25) is 0 Å². The monoisotopic (exact) mass is 511 g/mol. The van der Waals surface area contributed by atoms with Crippen LogP contribution in [-0.4, -0.2) is 53.9 Å². The van der Waals surface area contributed by atoms with Gasteiger partial charge in [-0.1, -0.05) is 67.9 Å². The summed E-state index contributed by atoms with van der Waals surface area (Å²) in [4.78, 5) is 28.7. The Morgan fingerprint density at radius 2 is 1.61 bits per heavy atom. The molecular formula is C28H34ClN3O4. The second-order valence-corrected chi connectivity index (χ2v) is 9.21. The van der Waals surface area contributed by atoms with Gasteiger partial charge in [0, 0.05) is 38.1 Å². The van der Waals surface area contributed by atoms with E-state index in [4.69, 9.17) is 16.3 Å². The van der Waals surface area contributed by atoms with Crippen LogP contribution in [0.25, 0.3) is 0 Å². The van der Waals surface area contributed by atoms with E-state index >= 15 is 0 Å². The minimum absolute atomic E-state index is 0.0149. The van der Waals surface area contributed by atoms with Crippen molar-refractivity contribution in [3.63, 3.8) is 0 Å². The van der Waals surface area contributed by atoms with E-state index < -0.39 is 4.92 Å². The van der Waals surface area contributed by atoms with Crippen molar-refractivity contribution >= 4 is 17.5 Å². The Morgan fingerprint density at radius 3 is 2.08 bits per heavy atom. The lowest BCUT2D eigenvalue weighted by Gasteiger charge is -2.40. The van der Waals surface area contributed by atoms with Crippen LogP contribution in [0.2, 0.25) is 5.02 Å². The molecule has 0 aromatic heterocycles. The average Bonchev–Trinajstić information content (AvgIpc) is 2.89. The number of nitrogens with zero attached hydrogens (tertiary/aromatic N) is 3. The lowest BCUT2D eigenvalue weighted by molar-refractivity contribution is -0.423. The Hall–Kier alpha value is -3.16. The summed E-state index contributed by atoms with van der Waals surface area (Å²) in [6.45, 7) is 7.70. The third-order valence-electron chi connectivity index (χ3n) is 6.57. The number of halogens is 1. The van der Waals surface area contributed by atoms with Crippen LogP contribution in [0.3, 0.4) is 0 Å². The molecule has 0 saturated carbocycles. The van der Waals surface area contributed by atoms with Crippen LogP contribution in [0.4, 0.5) is 0 Å². The molecule has 1 aliphatic rings. The Balaban J connectivity index is 1.85. The predicted octanol–water partition coefficient (Wildman–Crippen LogP) is 5.63. The number of benzene rings is 2. The minimum atomic E-state index is -0.537. The summed E-state index contributed by atoms with van der Waals surface area (Å²) in [6.07, 6.45) is 3.09. The molecule has 2 aromatic rings. The van der Waals surface area contributed by atoms with Crippen molar-refractivity contribution < 1.29 is 14.5 Å². The smallest absolute Gasteiger partial charge is 0.318 e. The Kier molecular flexibility index (Phi) is 9.67. The van der Waals surface area contributed by atoms with Gasteiger partial charge < -0.3 is 9.64 Å². The Morgan fingerprint density at radius 1 is 1.06 bits per heavy atom. The maximum absolute atomic E-state index is 13.4. The third-order valence-corrected chi connectivity index (χ3v) is 6.82. The molecule has 1 saturated heterocycles. The van der Waals surface area contributed by atoms with Gasteiger partial charge in [0.05, 0.1) is 18.1 Å². The van der Waals surface area contributed by atoms with Gasteiger partial charge in [0.1, 0.15) is 5.57 Å². The highest BCUT2D eigenvalue weighted by Crippen LogP contribution is 2.31. The van der Waals surface area contributed by atoms with E-state index in [-0.39, 0.29) is 29.0 Å². The molecule has 1 aliphatic heterocycles. The number of methoxy groups -OCH3 is 1. The van der Waals surface area contributed by atoms with Crippen molar-refractivity contribution in [3.8, 4) is 0 Å². The predicted molar refractivity (Wildman–Crippen MR) is 142 cm³/mol. The highest BCUT2D eigenvalue weighted by molar-refractivity contribution is 6.30. The zero-order valence-electron chi connectivity index (χ0n) is 21.4. The lowest BCUT2D eigenvalue weighted by Crippen LogP contribution is -2.50. The van der Waals surface area contributed by atoms with Gasteiger partial charge in [-0.25, -0.2) is 0 Å². The Bertz CT molecular complexity index is 1120. The number of nitro groups is 1. The molecule has 0 bridgehead atoms. The van der Waals surface area contributed by atoms with E-state index in [1.54, 1.807) is 11.0 Å². The quantitative estimate of drug-likeness (QED) is 0.143. The first-order valence-corrected chi connectivity index (χ1v) is 12.7. The highest BCUT2D eigenvalue weighted by atomic mass is 35.5. The Labute approximate surface area is 218 Å². The summed E-state index contributed by atoms with van der Waals surface area (Å²) in [5.74, 6) is -0.222. The van der Waals surface area contributed by atoms with E-state index in [2.05, 4.69) is 36.1 Å². The molecule has 1 fully saturated rings. The van der Waals surface area contributed by atoms with Crippen molar-refractivity contribution in [2.24, 2.45) is 0 Å². The van der Waals surface area contributed by atoms with E-state index in [0.29, 0.717) is 37.6 Å². The minimum Gasteiger partial charge on any atom is -0.494 e. The molecule has 7 nitrogen and oxygen atoms in total. The van der Waals surface area contributed by atoms with E-state index in [1.165, 1.54) is 25.2 Å². The molecule has 2 aromatic carbocycles. The summed E-state index contributed by atoms with van der Waals surface area (Å²) >= 11 is 6.15. The van der Waals surface area contributed by atoms with Gasteiger partial charge in [0.25, 0.3) is 5.91 Å². The van der Waals surface area contributed by atoms with Crippen molar-refractivity contribution in [1.29, 1.82) is 0 Å². The maximum Gasteiger partial charge on any atom is 0.318 e. The van der Waals surface area contributed by atoms with Crippen molar-refractivity contribution in [2.75, 3.05) is 33.3 Å². The van der Waals surface area contributed by atoms with Crippen molar-refractivity contribution in [3.05, 3.63) is 103 Å². The van der Waals surface area contributed by atoms with Gasteiger partial charge in [-0.05, 0) is 41.7 Å². The SMILES string of the molecule is CC/C=C(C(=O)N1CCN(C(c2ccc(Cl)cc2)c2ccc(CC)cc2)CC1)/C(=C(/C)OC)[N+](=O)[O-]. The number of hydrogen-bond acceptors (Lipinski definition) is 5. The fourth-order valence-corrected chi connectivity index (χ4v) is 4.68. The van der Waals surface area contributed by atoms with Crippen molar-refractivity contribution in [1.82, 2.24) is 9.80 Å². The van der Waals surface area contributed by atoms with Crippen LogP contribution in [0.15, 0.2) is 71.6 Å². The first-order valence-electron chi connectivity index (χ1n) is 12.3. The zero-order valence-corrected chi connectivity index (χ0v) is 22.1. The van der Waals surface area contributed by atoms with Gasteiger partial charge in [-0.15, -0.1) is 0 Å². The summed E-state index contributed by atoms with van der Waals surface area (Å²) < 4.78 is 5.12. The molecule has 1 amide bonds. The van der Waals surface area contributed by atoms with E-state index in [9.17, 15) is 14.9 Å². The number of hydrogen-bond donors (Lipinski definition) is 0. The summed E-state index contributed by atoms with van der Waals surface area (Å²) in [5.41, 5.74) is 3.39. The van der Waals surface area contributed by atoms with Crippen LogP contribution < -0.4 is 0 Å². The van der Waals surface area contributed by atoms with E-state index in [1.807, 2.05) is 31.2 Å². The molecule has 1 heterocycles. The second kappa shape index (κ2) is 12.7. The molecule has 192 valence electrons. The summed E-state index contributed by atoms with van der Waals surface area (Å²) in [7, 11) is 1.37. The number of ether oxygens (including phenoxy) is 1. The van der Waals surface area contributed by atoms with Crippen LogP contribution in [0.5, 0.6) is 0 Å². The molecule has 36 heavy (non-hydrogen) atoms. The number of allylic oxidation sites excluding steroid dienone is 2. The summed E-state index contributed by atoms with van der Waals surface area (Å²) in [6, 6.07) is 16.5. The summed E-state index contributed by atoms with van der Waals surface area (Å²) in [5, 5.41) is 12.5. The first-order chi connectivity index (χ1) is 17.3. The number of carbonyl (C=O) groups excluding carboxylic acids is 1. The van der Waals surface area contributed by atoms with Crippen LogP contribution in [0.1, 0.15) is 49.9 Å². The lowest BCUT2D eigenvalue weighted by atomic mass is 9.95. The molecule has 0 N–H and O–H groups in total. The van der Waals surface area contributed by atoms with Crippen LogP contribution >= 0.6 is 11.6 Å².